The lowest BCUT2D eigenvalue weighted by atomic mass is 9.75. The Morgan fingerprint density at radius 3 is 2.47 bits per heavy atom. The third-order valence-corrected chi connectivity index (χ3v) is 6.66. The number of rotatable bonds is 6. The van der Waals surface area contributed by atoms with Crippen LogP contribution in [0.25, 0.3) is 10.6 Å². The molecule has 5 nitrogen and oxygen atoms in total. The molecule has 3 rings (SSSR count). The van der Waals surface area contributed by atoms with Crippen LogP contribution in [-0.2, 0) is 15.7 Å². The molecule has 0 N–H and O–H groups in total. The molecule has 1 unspecified atom stereocenters. The summed E-state index contributed by atoms with van der Waals surface area (Å²) in [4.78, 5) is 21.0. The molecule has 0 amide bonds. The van der Waals surface area contributed by atoms with Crippen LogP contribution in [0, 0.1) is 23.7 Å². The van der Waals surface area contributed by atoms with Gasteiger partial charge in [0.1, 0.15) is 11.1 Å². The highest BCUT2D eigenvalue weighted by molar-refractivity contribution is 7.13. The average molecular weight is 478 g/mol. The molecular formula is C22H18F3N3O2S2. The van der Waals surface area contributed by atoms with Gasteiger partial charge in [-0.15, -0.1) is 22.7 Å². The number of aromatic nitrogens is 2. The molecule has 0 bridgehead atoms. The van der Waals surface area contributed by atoms with Crippen molar-refractivity contribution < 1.29 is 22.7 Å². The van der Waals surface area contributed by atoms with Crippen LogP contribution >= 0.6 is 22.7 Å². The van der Waals surface area contributed by atoms with Gasteiger partial charge in [-0.3, -0.25) is 4.79 Å². The maximum Gasteiger partial charge on any atom is 0.434 e. The molecule has 1 atom stereocenters. The van der Waals surface area contributed by atoms with Crippen LogP contribution in [0.3, 0.4) is 0 Å². The van der Waals surface area contributed by atoms with E-state index in [1.165, 1.54) is 32.1 Å². The average Bonchev–Trinajstić information content (AvgIpc) is 3.35. The van der Waals surface area contributed by atoms with Crippen LogP contribution in [0.15, 0.2) is 48.0 Å². The summed E-state index contributed by atoms with van der Waals surface area (Å²) in [6, 6.07) is 10.8. The SMILES string of the molecule is C=C(C#N)OC(=O)C(C)(C)C(c1csc(-c2ccccc2)n1)c1sc(C)nc1C(F)(F)F. The molecule has 0 aliphatic carbocycles. The van der Waals surface area contributed by atoms with Gasteiger partial charge in [0.2, 0.25) is 0 Å². The highest BCUT2D eigenvalue weighted by Crippen LogP contribution is 2.49. The number of hydrogen-bond donors (Lipinski definition) is 0. The van der Waals surface area contributed by atoms with E-state index in [1.54, 1.807) is 11.4 Å². The third-order valence-electron chi connectivity index (χ3n) is 4.72. The lowest BCUT2D eigenvalue weighted by Crippen LogP contribution is -2.34. The minimum Gasteiger partial charge on any atom is -0.415 e. The van der Waals surface area contributed by atoms with Crippen molar-refractivity contribution in [3.63, 3.8) is 0 Å². The molecule has 0 aliphatic rings. The van der Waals surface area contributed by atoms with Gasteiger partial charge >= 0.3 is 12.1 Å². The number of carbonyl (C=O) groups excluding carboxylic acids is 1. The lowest BCUT2D eigenvalue weighted by molar-refractivity contribution is -0.151. The number of esters is 1. The molecule has 0 radical (unpaired) electrons. The van der Waals surface area contributed by atoms with Gasteiger partial charge in [-0.25, -0.2) is 9.97 Å². The van der Waals surface area contributed by atoms with Crippen molar-refractivity contribution >= 4 is 28.6 Å². The van der Waals surface area contributed by atoms with Gasteiger partial charge in [0.05, 0.1) is 22.0 Å². The second kappa shape index (κ2) is 8.84. The molecule has 10 heteroatoms. The quantitative estimate of drug-likeness (QED) is 0.235. The van der Waals surface area contributed by atoms with E-state index in [0.717, 1.165) is 16.9 Å². The number of allylic oxidation sites excluding steroid dienone is 1. The fourth-order valence-corrected chi connectivity index (χ4v) is 5.29. The Morgan fingerprint density at radius 1 is 1.22 bits per heavy atom. The molecule has 32 heavy (non-hydrogen) atoms. The number of benzene rings is 1. The number of aryl methyl sites for hydroxylation is 1. The molecule has 0 saturated heterocycles. The zero-order valence-corrected chi connectivity index (χ0v) is 19.0. The number of nitrogens with zero attached hydrogens (tertiary/aromatic N) is 3. The van der Waals surface area contributed by atoms with Gasteiger partial charge in [-0.05, 0) is 27.4 Å². The van der Waals surface area contributed by atoms with E-state index >= 15 is 0 Å². The fraction of sp³-hybridized carbons (Fsp3) is 0.273. The van der Waals surface area contributed by atoms with Gasteiger partial charge < -0.3 is 4.74 Å². The zero-order chi connectivity index (χ0) is 23.7. The summed E-state index contributed by atoms with van der Waals surface area (Å²) in [6.45, 7) is 7.72. The molecule has 2 aromatic heterocycles. The summed E-state index contributed by atoms with van der Waals surface area (Å²) in [5.41, 5.74) is -1.48. The second-order valence-corrected chi connectivity index (χ2v) is 9.56. The molecule has 166 valence electrons. The Kier molecular flexibility index (Phi) is 6.53. The van der Waals surface area contributed by atoms with E-state index in [4.69, 9.17) is 10.00 Å². The summed E-state index contributed by atoms with van der Waals surface area (Å²) in [6.07, 6.45) is -4.72. The van der Waals surface area contributed by atoms with Crippen molar-refractivity contribution in [2.45, 2.75) is 32.9 Å². The van der Waals surface area contributed by atoms with Gasteiger partial charge in [0, 0.05) is 15.8 Å². The van der Waals surface area contributed by atoms with Crippen LogP contribution in [0.5, 0.6) is 0 Å². The van der Waals surface area contributed by atoms with Gasteiger partial charge in [0.15, 0.2) is 11.5 Å². The van der Waals surface area contributed by atoms with Gasteiger partial charge in [-0.2, -0.15) is 18.4 Å². The largest absolute Gasteiger partial charge is 0.434 e. The van der Waals surface area contributed by atoms with E-state index in [1.807, 2.05) is 30.3 Å². The number of halogens is 3. The van der Waals surface area contributed by atoms with E-state index in [2.05, 4.69) is 16.5 Å². The standard InChI is InChI=1S/C22H18F3N3O2S2/c1-12(10-26)30-20(29)21(3,4)16(17-18(22(23,24)25)27-13(2)32-17)15-11-31-19(28-15)14-8-6-5-7-9-14/h5-9,11,16H,1H2,2-4H3. The molecule has 0 spiro atoms. The topological polar surface area (TPSA) is 75.9 Å². The van der Waals surface area contributed by atoms with Crippen LogP contribution in [0.2, 0.25) is 0 Å². The highest BCUT2D eigenvalue weighted by Gasteiger charge is 2.48. The summed E-state index contributed by atoms with van der Waals surface area (Å²) < 4.78 is 46.4. The van der Waals surface area contributed by atoms with Crippen molar-refractivity contribution in [3.8, 4) is 16.6 Å². The van der Waals surface area contributed by atoms with E-state index in [-0.39, 0.29) is 15.6 Å². The van der Waals surface area contributed by atoms with E-state index in [9.17, 15) is 18.0 Å². The molecular weight excluding hydrogens is 459 g/mol. The van der Waals surface area contributed by atoms with Gasteiger partial charge in [0.25, 0.3) is 0 Å². The smallest absolute Gasteiger partial charge is 0.415 e. The number of ether oxygens (including phenoxy) is 1. The Balaban J connectivity index is 2.18. The zero-order valence-electron chi connectivity index (χ0n) is 17.4. The highest BCUT2D eigenvalue weighted by atomic mass is 32.1. The fourth-order valence-electron chi connectivity index (χ4n) is 3.19. The molecule has 2 heterocycles. The first-order chi connectivity index (χ1) is 14.9. The first kappa shape index (κ1) is 23.6. The normalized spacial score (nSPS) is 12.8. The summed E-state index contributed by atoms with van der Waals surface area (Å²) in [5, 5.41) is 11.4. The molecule has 0 fully saturated rings. The van der Waals surface area contributed by atoms with Crippen molar-refractivity contribution in [1.29, 1.82) is 5.26 Å². The Bertz CT molecular complexity index is 1190. The second-order valence-electron chi connectivity index (χ2n) is 7.47. The lowest BCUT2D eigenvalue weighted by Gasteiger charge is -2.31. The maximum absolute atomic E-state index is 13.8. The molecule has 3 aromatic rings. The van der Waals surface area contributed by atoms with Crippen LogP contribution in [0.1, 0.15) is 41.0 Å². The van der Waals surface area contributed by atoms with Crippen molar-refractivity contribution in [3.05, 3.63) is 69.3 Å². The monoisotopic (exact) mass is 477 g/mol. The van der Waals surface area contributed by atoms with E-state index in [0.29, 0.717) is 5.01 Å². The van der Waals surface area contributed by atoms with Gasteiger partial charge in [-0.1, -0.05) is 30.3 Å². The number of alkyl halides is 3. The first-order valence-electron chi connectivity index (χ1n) is 9.31. The maximum atomic E-state index is 13.8. The predicted molar refractivity (Wildman–Crippen MR) is 116 cm³/mol. The van der Waals surface area contributed by atoms with Crippen molar-refractivity contribution in [1.82, 2.24) is 9.97 Å². The van der Waals surface area contributed by atoms with Crippen molar-refractivity contribution in [2.24, 2.45) is 5.41 Å². The Morgan fingerprint density at radius 2 is 1.88 bits per heavy atom. The number of carbonyl (C=O) groups is 1. The minimum absolute atomic E-state index is 0.135. The van der Waals surface area contributed by atoms with Crippen LogP contribution < -0.4 is 0 Å². The summed E-state index contributed by atoms with van der Waals surface area (Å²) >= 11 is 2.12. The third kappa shape index (κ3) is 4.74. The van der Waals surface area contributed by atoms with Crippen molar-refractivity contribution in [2.75, 3.05) is 0 Å². The van der Waals surface area contributed by atoms with Crippen LogP contribution in [-0.4, -0.2) is 15.9 Å². The Labute approximate surface area is 190 Å². The first-order valence-corrected chi connectivity index (χ1v) is 11.0. The molecule has 1 aromatic carbocycles. The Hall–Kier alpha value is -3.03. The predicted octanol–water partition coefficient (Wildman–Crippen LogP) is 6.33. The minimum atomic E-state index is -4.72. The molecule has 0 saturated carbocycles. The number of nitriles is 1. The summed E-state index contributed by atoms with van der Waals surface area (Å²) in [5.74, 6) is -2.44. The number of hydrogen-bond acceptors (Lipinski definition) is 7. The van der Waals surface area contributed by atoms with E-state index < -0.39 is 34.9 Å². The van der Waals surface area contributed by atoms with Crippen LogP contribution in [0.4, 0.5) is 13.2 Å². The molecule has 0 aliphatic heterocycles. The number of thiazole rings is 2. The summed E-state index contributed by atoms with van der Waals surface area (Å²) in [7, 11) is 0.